The summed E-state index contributed by atoms with van der Waals surface area (Å²) < 4.78 is 4.66. The van der Waals surface area contributed by atoms with Gasteiger partial charge in [-0.05, 0) is 26.0 Å². The van der Waals surface area contributed by atoms with Crippen LogP contribution in [0.5, 0.6) is 5.75 Å². The van der Waals surface area contributed by atoms with E-state index in [0.29, 0.717) is 5.69 Å². The number of rotatable bonds is 5. The van der Waals surface area contributed by atoms with Gasteiger partial charge in [-0.15, -0.1) is 0 Å². The van der Waals surface area contributed by atoms with E-state index in [0.717, 1.165) is 0 Å². The molecule has 0 radical (unpaired) electrons. The first-order valence-corrected chi connectivity index (χ1v) is 5.64. The van der Waals surface area contributed by atoms with Gasteiger partial charge in [0.25, 0.3) is 0 Å². The molecule has 0 saturated carbocycles. The largest absolute Gasteiger partial charge is 0.506 e. The Morgan fingerprint density at radius 1 is 1.44 bits per heavy atom. The molecule has 6 nitrogen and oxygen atoms in total. The molecule has 0 fully saturated rings. The summed E-state index contributed by atoms with van der Waals surface area (Å²) in [4.78, 5) is 15.1. The van der Waals surface area contributed by atoms with Crippen molar-refractivity contribution in [3.63, 3.8) is 0 Å². The Morgan fingerprint density at radius 2 is 2.11 bits per heavy atom. The summed E-state index contributed by atoms with van der Waals surface area (Å²) in [5, 5.41) is 29.1. The van der Waals surface area contributed by atoms with Gasteiger partial charge in [0.05, 0.1) is 19.1 Å². The molecule has 100 valence electrons. The smallest absolute Gasteiger partial charge is 0.308 e. The SMILES string of the molecule is CCOC(=O)CC(O)C(O)c1nc(C)ccc1O. The Hall–Kier alpha value is -1.66. The molecule has 1 aromatic rings. The number of ether oxygens (including phenoxy) is 1. The second kappa shape index (κ2) is 6.32. The van der Waals surface area contributed by atoms with Crippen LogP contribution in [-0.2, 0) is 9.53 Å². The number of aryl methyl sites for hydroxylation is 1. The number of hydrogen-bond acceptors (Lipinski definition) is 6. The summed E-state index contributed by atoms with van der Waals surface area (Å²) in [5.41, 5.74) is 0.539. The molecular formula is C12H17NO5. The third kappa shape index (κ3) is 3.68. The number of aliphatic hydroxyl groups excluding tert-OH is 2. The van der Waals surface area contributed by atoms with E-state index in [9.17, 15) is 20.1 Å². The van der Waals surface area contributed by atoms with Crippen molar-refractivity contribution in [2.45, 2.75) is 32.5 Å². The van der Waals surface area contributed by atoms with E-state index >= 15 is 0 Å². The second-order valence-corrected chi connectivity index (χ2v) is 3.88. The van der Waals surface area contributed by atoms with E-state index in [1.807, 2.05) is 0 Å². The Balaban J connectivity index is 2.76. The van der Waals surface area contributed by atoms with Crippen LogP contribution in [0, 0.1) is 6.92 Å². The fourth-order valence-electron chi connectivity index (χ4n) is 1.47. The van der Waals surface area contributed by atoms with Gasteiger partial charge in [0.2, 0.25) is 0 Å². The van der Waals surface area contributed by atoms with E-state index in [4.69, 9.17) is 0 Å². The normalized spacial score (nSPS) is 14.0. The molecule has 0 aliphatic heterocycles. The predicted octanol–water partition coefficient (Wildman–Crippen LogP) is 0.443. The topological polar surface area (TPSA) is 99.9 Å². The second-order valence-electron chi connectivity index (χ2n) is 3.88. The maximum atomic E-state index is 11.2. The van der Waals surface area contributed by atoms with Crippen molar-refractivity contribution < 1.29 is 24.9 Å². The molecule has 1 aromatic heterocycles. The average Bonchev–Trinajstić information content (AvgIpc) is 2.31. The number of pyridine rings is 1. The summed E-state index contributed by atoms with van der Waals surface area (Å²) in [5.74, 6) is -0.841. The lowest BCUT2D eigenvalue weighted by Gasteiger charge is -2.17. The molecule has 0 saturated heterocycles. The zero-order chi connectivity index (χ0) is 13.7. The minimum atomic E-state index is -1.44. The number of aromatic hydroxyl groups is 1. The molecular weight excluding hydrogens is 238 g/mol. The van der Waals surface area contributed by atoms with Crippen LogP contribution in [0.2, 0.25) is 0 Å². The molecule has 2 unspecified atom stereocenters. The molecule has 0 bridgehead atoms. The van der Waals surface area contributed by atoms with Crippen LogP contribution in [0.4, 0.5) is 0 Å². The molecule has 0 aliphatic rings. The van der Waals surface area contributed by atoms with Crippen LogP contribution in [0.15, 0.2) is 12.1 Å². The van der Waals surface area contributed by atoms with E-state index in [1.54, 1.807) is 19.9 Å². The highest BCUT2D eigenvalue weighted by Gasteiger charge is 2.25. The highest BCUT2D eigenvalue weighted by molar-refractivity contribution is 5.70. The Bertz CT molecular complexity index is 421. The van der Waals surface area contributed by atoms with E-state index in [2.05, 4.69) is 9.72 Å². The van der Waals surface area contributed by atoms with Crippen molar-refractivity contribution in [1.82, 2.24) is 4.98 Å². The highest BCUT2D eigenvalue weighted by Crippen LogP contribution is 2.25. The maximum absolute atomic E-state index is 11.2. The van der Waals surface area contributed by atoms with Gasteiger partial charge in [-0.25, -0.2) is 0 Å². The zero-order valence-electron chi connectivity index (χ0n) is 10.3. The van der Waals surface area contributed by atoms with Gasteiger partial charge in [0, 0.05) is 5.69 Å². The zero-order valence-corrected chi connectivity index (χ0v) is 10.3. The maximum Gasteiger partial charge on any atom is 0.308 e. The molecule has 0 aromatic carbocycles. The lowest BCUT2D eigenvalue weighted by molar-refractivity contribution is -0.147. The van der Waals surface area contributed by atoms with Crippen molar-refractivity contribution in [2.24, 2.45) is 0 Å². The first-order chi connectivity index (χ1) is 8.45. The molecule has 0 amide bonds. The monoisotopic (exact) mass is 255 g/mol. The summed E-state index contributed by atoms with van der Waals surface area (Å²) in [7, 11) is 0. The molecule has 1 heterocycles. The Morgan fingerprint density at radius 3 is 2.72 bits per heavy atom. The number of esters is 1. The molecule has 1 rings (SSSR count). The Kier molecular flexibility index (Phi) is 5.06. The summed E-state index contributed by atoms with van der Waals surface area (Å²) in [6.45, 7) is 3.54. The van der Waals surface area contributed by atoms with E-state index < -0.39 is 18.2 Å². The number of nitrogens with zero attached hydrogens (tertiary/aromatic N) is 1. The van der Waals surface area contributed by atoms with Crippen LogP contribution in [0.3, 0.4) is 0 Å². The van der Waals surface area contributed by atoms with Gasteiger partial charge < -0.3 is 20.1 Å². The van der Waals surface area contributed by atoms with E-state index in [1.165, 1.54) is 6.07 Å². The van der Waals surface area contributed by atoms with Crippen LogP contribution in [0.25, 0.3) is 0 Å². The average molecular weight is 255 g/mol. The van der Waals surface area contributed by atoms with Gasteiger partial charge >= 0.3 is 5.97 Å². The number of carbonyl (C=O) groups is 1. The molecule has 18 heavy (non-hydrogen) atoms. The highest BCUT2D eigenvalue weighted by atomic mass is 16.5. The first kappa shape index (κ1) is 14.4. The van der Waals surface area contributed by atoms with Crippen molar-refractivity contribution in [3.8, 4) is 5.75 Å². The van der Waals surface area contributed by atoms with Gasteiger partial charge in [0.15, 0.2) is 0 Å². The third-order valence-electron chi connectivity index (χ3n) is 2.37. The first-order valence-electron chi connectivity index (χ1n) is 5.64. The quantitative estimate of drug-likeness (QED) is 0.660. The minimum absolute atomic E-state index is 0.0493. The van der Waals surface area contributed by atoms with Gasteiger partial charge in [0.1, 0.15) is 17.5 Å². The Labute approximate surface area is 105 Å². The van der Waals surface area contributed by atoms with Crippen LogP contribution >= 0.6 is 0 Å². The fraction of sp³-hybridized carbons (Fsp3) is 0.500. The van der Waals surface area contributed by atoms with Crippen molar-refractivity contribution >= 4 is 5.97 Å². The number of carbonyl (C=O) groups excluding carboxylic acids is 1. The molecule has 6 heteroatoms. The number of aliphatic hydroxyl groups is 2. The van der Waals surface area contributed by atoms with Gasteiger partial charge in [-0.1, -0.05) is 0 Å². The van der Waals surface area contributed by atoms with Crippen molar-refractivity contribution in [3.05, 3.63) is 23.5 Å². The summed E-state index contributed by atoms with van der Waals surface area (Å²) in [6, 6.07) is 2.95. The summed E-state index contributed by atoms with van der Waals surface area (Å²) in [6.07, 6.45) is -3.16. The minimum Gasteiger partial charge on any atom is -0.506 e. The number of aromatic nitrogens is 1. The standard InChI is InChI=1S/C12H17NO5/c1-3-18-10(16)6-9(15)12(17)11-8(14)5-4-7(2)13-11/h4-5,9,12,14-15,17H,3,6H2,1-2H3. The molecule has 0 spiro atoms. The van der Waals surface area contributed by atoms with Crippen LogP contribution in [0.1, 0.15) is 30.8 Å². The molecule has 3 N–H and O–H groups in total. The van der Waals surface area contributed by atoms with Crippen molar-refractivity contribution in [1.29, 1.82) is 0 Å². The van der Waals surface area contributed by atoms with Crippen molar-refractivity contribution in [2.75, 3.05) is 6.61 Å². The lowest BCUT2D eigenvalue weighted by atomic mass is 10.1. The van der Waals surface area contributed by atoms with E-state index in [-0.39, 0.29) is 24.5 Å². The van der Waals surface area contributed by atoms with Crippen LogP contribution in [-0.4, -0.2) is 39.0 Å². The number of hydrogen-bond donors (Lipinski definition) is 3. The molecule has 2 atom stereocenters. The third-order valence-corrected chi connectivity index (χ3v) is 2.37. The summed E-state index contributed by atoms with van der Waals surface area (Å²) >= 11 is 0. The van der Waals surface area contributed by atoms with Gasteiger partial charge in [-0.2, -0.15) is 0 Å². The lowest BCUT2D eigenvalue weighted by Crippen LogP contribution is -2.24. The van der Waals surface area contributed by atoms with Crippen LogP contribution < -0.4 is 0 Å². The van der Waals surface area contributed by atoms with Gasteiger partial charge in [-0.3, -0.25) is 9.78 Å². The fourth-order valence-corrected chi connectivity index (χ4v) is 1.47. The molecule has 0 aliphatic carbocycles. The predicted molar refractivity (Wildman–Crippen MR) is 62.9 cm³/mol.